The van der Waals surface area contributed by atoms with Gasteiger partial charge in [-0.3, -0.25) is 0 Å². The maximum atomic E-state index is 11.9. The van der Waals surface area contributed by atoms with E-state index in [1.807, 2.05) is 0 Å². The van der Waals surface area contributed by atoms with Crippen molar-refractivity contribution in [3.8, 4) is 0 Å². The largest absolute Gasteiger partial charge is 0.393 e. The number of sulfonamides is 1. The zero-order chi connectivity index (χ0) is 13.2. The molecule has 1 saturated carbocycles. The number of hydrogen-bond acceptors (Lipinski definition) is 3. The number of aliphatic hydroxyl groups excluding tert-OH is 1. The zero-order valence-corrected chi connectivity index (χ0v) is 12.2. The molecule has 1 aromatic carbocycles. The van der Waals surface area contributed by atoms with Crippen LogP contribution in [-0.4, -0.2) is 26.2 Å². The Morgan fingerprint density at radius 3 is 2.50 bits per heavy atom. The molecule has 1 aliphatic carbocycles. The molecule has 1 atom stereocenters. The van der Waals surface area contributed by atoms with Gasteiger partial charge in [0.1, 0.15) is 0 Å². The highest BCUT2D eigenvalue weighted by Crippen LogP contribution is 2.33. The first kappa shape index (κ1) is 14.0. The Morgan fingerprint density at radius 2 is 1.94 bits per heavy atom. The SMILES string of the molecule is O=S(=O)(NCC[C@@H](O)C1CC1)c1ccc(Br)cc1. The quantitative estimate of drug-likeness (QED) is 0.835. The first-order chi connectivity index (χ1) is 8.49. The molecule has 0 aromatic heterocycles. The minimum atomic E-state index is -3.46. The van der Waals surface area contributed by atoms with Gasteiger partial charge in [0.2, 0.25) is 10.0 Å². The molecule has 18 heavy (non-hydrogen) atoms. The Kier molecular flexibility index (Phi) is 4.42. The Balaban J connectivity index is 1.88. The summed E-state index contributed by atoms with van der Waals surface area (Å²) in [5.74, 6) is 0.377. The third-order valence-corrected chi connectivity index (χ3v) is 5.03. The Labute approximate surface area is 116 Å². The normalized spacial score (nSPS) is 17.7. The molecule has 0 aliphatic heterocycles. The summed E-state index contributed by atoms with van der Waals surface area (Å²) in [6, 6.07) is 6.47. The van der Waals surface area contributed by atoms with Crippen LogP contribution in [0.3, 0.4) is 0 Å². The van der Waals surface area contributed by atoms with Crippen molar-refractivity contribution in [2.24, 2.45) is 5.92 Å². The van der Waals surface area contributed by atoms with E-state index in [0.717, 1.165) is 17.3 Å². The van der Waals surface area contributed by atoms with Gasteiger partial charge in [0.15, 0.2) is 0 Å². The second-order valence-electron chi connectivity index (χ2n) is 4.55. The third kappa shape index (κ3) is 3.78. The van der Waals surface area contributed by atoms with Crippen LogP contribution in [0.2, 0.25) is 0 Å². The first-order valence-corrected chi connectivity index (χ1v) is 8.20. The summed E-state index contributed by atoms with van der Waals surface area (Å²) < 4.78 is 27.1. The highest BCUT2D eigenvalue weighted by molar-refractivity contribution is 9.10. The average Bonchev–Trinajstić information content (AvgIpc) is 3.13. The van der Waals surface area contributed by atoms with Gasteiger partial charge in [0, 0.05) is 11.0 Å². The van der Waals surface area contributed by atoms with E-state index < -0.39 is 10.0 Å². The predicted octanol–water partition coefficient (Wildman–Crippen LogP) is 1.89. The van der Waals surface area contributed by atoms with E-state index in [2.05, 4.69) is 20.7 Å². The van der Waals surface area contributed by atoms with E-state index in [1.54, 1.807) is 24.3 Å². The molecule has 1 aliphatic rings. The topological polar surface area (TPSA) is 66.4 Å². The maximum Gasteiger partial charge on any atom is 0.240 e. The van der Waals surface area contributed by atoms with Gasteiger partial charge in [0.05, 0.1) is 11.0 Å². The van der Waals surface area contributed by atoms with Crippen molar-refractivity contribution >= 4 is 26.0 Å². The van der Waals surface area contributed by atoms with Gasteiger partial charge in [0.25, 0.3) is 0 Å². The molecule has 1 fully saturated rings. The van der Waals surface area contributed by atoms with Gasteiger partial charge in [-0.1, -0.05) is 15.9 Å². The molecule has 0 amide bonds. The lowest BCUT2D eigenvalue weighted by molar-refractivity contribution is 0.143. The van der Waals surface area contributed by atoms with Gasteiger partial charge >= 0.3 is 0 Å². The summed E-state index contributed by atoms with van der Waals surface area (Å²) in [6.45, 7) is 0.274. The minimum absolute atomic E-state index is 0.242. The Hall–Kier alpha value is -0.430. The zero-order valence-electron chi connectivity index (χ0n) is 9.84. The fourth-order valence-electron chi connectivity index (χ4n) is 1.75. The summed E-state index contributed by atoms with van der Waals surface area (Å²) in [5, 5.41) is 9.65. The van der Waals surface area contributed by atoms with Crippen LogP contribution in [0, 0.1) is 5.92 Å². The van der Waals surface area contributed by atoms with Crippen molar-refractivity contribution in [1.82, 2.24) is 4.72 Å². The highest BCUT2D eigenvalue weighted by atomic mass is 79.9. The first-order valence-electron chi connectivity index (χ1n) is 5.92. The third-order valence-electron chi connectivity index (χ3n) is 3.02. The highest BCUT2D eigenvalue weighted by Gasteiger charge is 2.29. The number of halogens is 1. The van der Waals surface area contributed by atoms with Crippen LogP contribution in [0.4, 0.5) is 0 Å². The number of hydrogen-bond donors (Lipinski definition) is 2. The number of nitrogens with one attached hydrogen (secondary N) is 1. The molecule has 0 unspecified atom stereocenters. The number of rotatable bonds is 6. The van der Waals surface area contributed by atoms with Crippen molar-refractivity contribution in [1.29, 1.82) is 0 Å². The number of aliphatic hydroxyl groups is 1. The van der Waals surface area contributed by atoms with Crippen molar-refractivity contribution in [3.05, 3.63) is 28.7 Å². The van der Waals surface area contributed by atoms with Crippen LogP contribution < -0.4 is 4.72 Å². The van der Waals surface area contributed by atoms with Crippen LogP contribution in [0.1, 0.15) is 19.3 Å². The van der Waals surface area contributed by atoms with E-state index in [1.165, 1.54) is 0 Å². The maximum absolute atomic E-state index is 11.9. The summed E-state index contributed by atoms with van der Waals surface area (Å²) in [4.78, 5) is 0.242. The van der Waals surface area contributed by atoms with E-state index in [4.69, 9.17) is 0 Å². The van der Waals surface area contributed by atoms with Crippen LogP contribution in [-0.2, 0) is 10.0 Å². The molecule has 2 N–H and O–H groups in total. The second kappa shape index (κ2) is 5.69. The van der Waals surface area contributed by atoms with Gasteiger partial charge in [-0.25, -0.2) is 13.1 Å². The van der Waals surface area contributed by atoms with Crippen molar-refractivity contribution in [2.75, 3.05) is 6.54 Å². The molecule has 1 aromatic rings. The molecule has 0 spiro atoms. The van der Waals surface area contributed by atoms with E-state index in [9.17, 15) is 13.5 Å². The van der Waals surface area contributed by atoms with Crippen LogP contribution in [0.25, 0.3) is 0 Å². The fraction of sp³-hybridized carbons (Fsp3) is 0.500. The lowest BCUT2D eigenvalue weighted by Gasteiger charge is -2.10. The van der Waals surface area contributed by atoms with E-state index in [-0.39, 0.29) is 17.5 Å². The van der Waals surface area contributed by atoms with Gasteiger partial charge in [-0.2, -0.15) is 0 Å². The molecule has 0 bridgehead atoms. The van der Waals surface area contributed by atoms with Crippen molar-refractivity contribution < 1.29 is 13.5 Å². The van der Waals surface area contributed by atoms with E-state index in [0.29, 0.717) is 12.3 Å². The molecule has 2 rings (SSSR count). The molecular formula is C12H16BrNO3S. The molecule has 0 saturated heterocycles. The van der Waals surface area contributed by atoms with Gasteiger partial charge in [-0.05, 0) is 49.4 Å². The molecule has 6 heteroatoms. The second-order valence-corrected chi connectivity index (χ2v) is 7.23. The Morgan fingerprint density at radius 1 is 1.33 bits per heavy atom. The monoisotopic (exact) mass is 333 g/mol. The van der Waals surface area contributed by atoms with Crippen LogP contribution in [0.5, 0.6) is 0 Å². The van der Waals surface area contributed by atoms with Crippen LogP contribution >= 0.6 is 15.9 Å². The summed E-state index contributed by atoms with van der Waals surface area (Å²) >= 11 is 3.26. The molecule has 4 nitrogen and oxygen atoms in total. The number of benzene rings is 1. The minimum Gasteiger partial charge on any atom is -0.393 e. The fourth-order valence-corrected chi connectivity index (χ4v) is 3.07. The summed E-state index contributed by atoms with van der Waals surface area (Å²) in [6.07, 6.45) is 2.21. The van der Waals surface area contributed by atoms with Crippen LogP contribution in [0.15, 0.2) is 33.6 Å². The smallest absolute Gasteiger partial charge is 0.240 e. The molecular weight excluding hydrogens is 318 g/mol. The predicted molar refractivity (Wildman–Crippen MR) is 72.7 cm³/mol. The standard InChI is InChI=1S/C12H16BrNO3S/c13-10-3-5-11(6-4-10)18(16,17)14-8-7-12(15)9-1-2-9/h3-6,9,12,14-15H,1-2,7-8H2/t12-/m1/s1. The average molecular weight is 334 g/mol. The van der Waals surface area contributed by atoms with E-state index >= 15 is 0 Å². The molecule has 0 radical (unpaired) electrons. The summed E-state index contributed by atoms with van der Waals surface area (Å²) in [5.41, 5.74) is 0. The Bertz CT molecular complexity index is 497. The van der Waals surface area contributed by atoms with Crippen molar-refractivity contribution in [3.63, 3.8) is 0 Å². The van der Waals surface area contributed by atoms with Gasteiger partial charge in [-0.15, -0.1) is 0 Å². The summed E-state index contributed by atoms with van der Waals surface area (Å²) in [7, 11) is -3.46. The lowest BCUT2D eigenvalue weighted by atomic mass is 10.2. The molecule has 100 valence electrons. The molecule has 0 heterocycles. The van der Waals surface area contributed by atoms with Crippen molar-refractivity contribution in [2.45, 2.75) is 30.3 Å². The lowest BCUT2D eigenvalue weighted by Crippen LogP contribution is -2.27. The van der Waals surface area contributed by atoms with Gasteiger partial charge < -0.3 is 5.11 Å².